The summed E-state index contributed by atoms with van der Waals surface area (Å²) in [4.78, 5) is 5.02. The molecule has 2 heterocycles. The van der Waals surface area contributed by atoms with E-state index in [0.29, 0.717) is 18.6 Å². The van der Waals surface area contributed by atoms with Crippen molar-refractivity contribution in [1.82, 2.24) is 4.90 Å². The van der Waals surface area contributed by atoms with Crippen LogP contribution in [-0.2, 0) is 19.6 Å². The molecule has 2 fully saturated rings. The Morgan fingerprint density at radius 1 is 0.882 bits per heavy atom. The zero-order valence-electron chi connectivity index (χ0n) is 20.6. The summed E-state index contributed by atoms with van der Waals surface area (Å²) in [5.74, 6) is 0.982. The monoisotopic (exact) mass is 455 g/mol. The van der Waals surface area contributed by atoms with Gasteiger partial charge in [0.2, 0.25) is 0 Å². The van der Waals surface area contributed by atoms with Crippen molar-refractivity contribution in [2.45, 2.75) is 39.3 Å². The first kappa shape index (κ1) is 22.9. The second-order valence-electron chi connectivity index (χ2n) is 10.2. The van der Waals surface area contributed by atoms with Gasteiger partial charge in [-0.15, -0.1) is 0 Å². The lowest BCUT2D eigenvalue weighted by molar-refractivity contribution is 0.00132. The lowest BCUT2D eigenvalue weighted by atomic mass is 9.72. The number of hydrogen-bond donors (Lipinski definition) is 1. The van der Waals surface area contributed by atoms with Crippen LogP contribution < -0.4 is 15.4 Å². The van der Waals surface area contributed by atoms with Gasteiger partial charge in [0.15, 0.2) is 0 Å². The summed E-state index contributed by atoms with van der Waals surface area (Å²) >= 11 is 0. The van der Waals surface area contributed by atoms with Crippen LogP contribution in [0.15, 0.2) is 66.7 Å². The van der Waals surface area contributed by atoms with Crippen LogP contribution in [0.25, 0.3) is 11.1 Å². The molecule has 0 saturated carbocycles. The molecule has 2 saturated heterocycles. The van der Waals surface area contributed by atoms with Gasteiger partial charge >= 0.3 is 0 Å². The number of ether oxygens (including phenoxy) is 1. The number of aryl methyl sites for hydroxylation is 1. The molecule has 3 aromatic rings. The number of nitrogens with two attached hydrogens (primary N) is 1. The average Bonchev–Trinajstić information content (AvgIpc) is 2.87. The summed E-state index contributed by atoms with van der Waals surface area (Å²) in [6.07, 6.45) is 3.53. The molecular formula is C30H37N3O. The number of nitrogens with zero attached hydrogens (tertiary/aromatic N) is 2. The van der Waals surface area contributed by atoms with Crippen LogP contribution in [0.1, 0.15) is 36.5 Å². The van der Waals surface area contributed by atoms with E-state index in [9.17, 15) is 0 Å². The summed E-state index contributed by atoms with van der Waals surface area (Å²) in [5, 5.41) is 0. The van der Waals surface area contributed by atoms with Gasteiger partial charge in [-0.3, -0.25) is 0 Å². The minimum absolute atomic E-state index is 0.550. The van der Waals surface area contributed by atoms with Crippen LogP contribution >= 0.6 is 0 Å². The number of benzene rings is 3. The Kier molecular flexibility index (Phi) is 6.62. The van der Waals surface area contributed by atoms with Crippen LogP contribution in [0.4, 0.5) is 5.69 Å². The van der Waals surface area contributed by atoms with Crippen molar-refractivity contribution >= 4 is 5.69 Å². The lowest BCUT2D eigenvalue weighted by Gasteiger charge is -2.53. The molecule has 0 aliphatic carbocycles. The molecule has 0 amide bonds. The molecule has 3 aromatic carbocycles. The minimum atomic E-state index is 0.550. The van der Waals surface area contributed by atoms with Crippen molar-refractivity contribution in [1.29, 1.82) is 0 Å². The maximum absolute atomic E-state index is 6.32. The summed E-state index contributed by atoms with van der Waals surface area (Å²) in [6.45, 7) is 8.05. The van der Waals surface area contributed by atoms with E-state index in [-0.39, 0.29) is 0 Å². The van der Waals surface area contributed by atoms with Crippen molar-refractivity contribution in [3.05, 3.63) is 83.4 Å². The first-order valence-electron chi connectivity index (χ1n) is 12.6. The Hall–Kier alpha value is -2.82. The quantitative estimate of drug-likeness (QED) is 0.512. The van der Waals surface area contributed by atoms with E-state index in [1.807, 2.05) is 0 Å². The van der Waals surface area contributed by atoms with Gasteiger partial charge in [0.1, 0.15) is 12.4 Å². The average molecular weight is 456 g/mol. The Morgan fingerprint density at radius 2 is 1.65 bits per heavy atom. The third kappa shape index (κ3) is 4.84. The number of rotatable bonds is 7. The molecule has 0 unspecified atom stereocenters. The molecule has 0 aromatic heterocycles. The van der Waals surface area contributed by atoms with Gasteiger partial charge in [-0.2, -0.15) is 0 Å². The van der Waals surface area contributed by atoms with Gasteiger partial charge < -0.3 is 20.3 Å². The fraction of sp³-hybridized carbons (Fsp3) is 0.400. The number of piperidine rings is 1. The van der Waals surface area contributed by atoms with Gasteiger partial charge in [-0.1, -0.05) is 43.3 Å². The predicted octanol–water partition coefficient (Wildman–Crippen LogP) is 5.49. The Bertz CT molecular complexity index is 1130. The van der Waals surface area contributed by atoms with Crippen LogP contribution in [0.3, 0.4) is 0 Å². The van der Waals surface area contributed by atoms with Crippen LogP contribution in [0.5, 0.6) is 5.75 Å². The maximum atomic E-state index is 6.32. The molecule has 1 spiro atoms. The molecule has 0 bridgehead atoms. The highest BCUT2D eigenvalue weighted by molar-refractivity contribution is 5.70. The summed E-state index contributed by atoms with van der Waals surface area (Å²) in [7, 11) is 2.24. The van der Waals surface area contributed by atoms with Gasteiger partial charge in [0.05, 0.1) is 0 Å². The fourth-order valence-electron chi connectivity index (χ4n) is 5.74. The molecule has 4 nitrogen and oxygen atoms in total. The van der Waals surface area contributed by atoms with Gasteiger partial charge in [-0.05, 0) is 89.9 Å². The van der Waals surface area contributed by atoms with Crippen LogP contribution in [0, 0.1) is 5.41 Å². The first-order valence-corrected chi connectivity index (χ1v) is 12.6. The third-order valence-electron chi connectivity index (χ3n) is 7.62. The molecule has 0 atom stereocenters. The number of likely N-dealkylation sites (tertiary alicyclic amines) is 1. The molecule has 178 valence electrons. The molecule has 34 heavy (non-hydrogen) atoms. The number of hydrogen-bond acceptors (Lipinski definition) is 4. The van der Waals surface area contributed by atoms with Crippen molar-refractivity contribution in [2.24, 2.45) is 11.1 Å². The topological polar surface area (TPSA) is 41.7 Å². The molecule has 2 aliphatic rings. The zero-order valence-corrected chi connectivity index (χ0v) is 20.6. The van der Waals surface area contributed by atoms with Gasteiger partial charge in [-0.25, -0.2) is 0 Å². The third-order valence-corrected chi connectivity index (χ3v) is 7.62. The van der Waals surface area contributed by atoms with Crippen LogP contribution in [-0.4, -0.2) is 38.1 Å². The summed E-state index contributed by atoms with van der Waals surface area (Å²) in [5.41, 5.74) is 13.9. The van der Waals surface area contributed by atoms with E-state index in [0.717, 1.165) is 30.8 Å². The number of anilines is 1. The second kappa shape index (κ2) is 9.81. The van der Waals surface area contributed by atoms with Crippen molar-refractivity contribution < 1.29 is 4.74 Å². The minimum Gasteiger partial charge on any atom is -0.489 e. The molecule has 2 N–H and O–H groups in total. The molecule has 4 heteroatoms. The largest absolute Gasteiger partial charge is 0.489 e. The molecule has 2 aliphatic heterocycles. The van der Waals surface area contributed by atoms with Crippen LogP contribution in [0.2, 0.25) is 0 Å². The van der Waals surface area contributed by atoms with E-state index in [1.54, 1.807) is 0 Å². The van der Waals surface area contributed by atoms with E-state index in [1.165, 1.54) is 53.9 Å². The zero-order chi connectivity index (χ0) is 23.5. The highest BCUT2D eigenvalue weighted by Crippen LogP contribution is 2.41. The van der Waals surface area contributed by atoms with Crippen molar-refractivity contribution in [2.75, 3.05) is 38.1 Å². The smallest absolute Gasteiger partial charge is 0.122 e. The predicted molar refractivity (Wildman–Crippen MR) is 141 cm³/mol. The highest BCUT2D eigenvalue weighted by atomic mass is 16.5. The van der Waals surface area contributed by atoms with Gasteiger partial charge in [0.25, 0.3) is 0 Å². The van der Waals surface area contributed by atoms with E-state index in [2.05, 4.69) is 90.5 Å². The second-order valence-corrected chi connectivity index (χ2v) is 10.2. The number of para-hydroxylation sites is 1. The molecular weight excluding hydrogens is 418 g/mol. The van der Waals surface area contributed by atoms with E-state index >= 15 is 0 Å². The van der Waals surface area contributed by atoms with Gasteiger partial charge in [0, 0.05) is 38.4 Å². The van der Waals surface area contributed by atoms with E-state index < -0.39 is 0 Å². The normalized spacial score (nSPS) is 17.6. The maximum Gasteiger partial charge on any atom is 0.122 e. The first-order chi connectivity index (χ1) is 16.6. The fourth-order valence-corrected chi connectivity index (χ4v) is 5.74. The molecule has 0 radical (unpaired) electrons. The van der Waals surface area contributed by atoms with Crippen molar-refractivity contribution in [3.8, 4) is 16.9 Å². The molecule has 5 rings (SSSR count). The Morgan fingerprint density at radius 3 is 2.38 bits per heavy atom. The summed E-state index contributed by atoms with van der Waals surface area (Å²) < 4.78 is 6.32. The van der Waals surface area contributed by atoms with Crippen molar-refractivity contribution in [3.63, 3.8) is 0 Å². The summed E-state index contributed by atoms with van der Waals surface area (Å²) in [6, 6.07) is 23.9. The standard InChI is InChI=1S/C30H37N3O/c1-3-25-8-4-5-10-29(25)34-20-24-16-27(26-9-6-7-23(15-26)19-31)18-28(17-24)33-13-11-30(12-14-33)21-32(2)22-30/h4-10,15-18H,3,11-14,19-22,31H2,1-2H3. The van der Waals surface area contributed by atoms with E-state index in [4.69, 9.17) is 10.5 Å². The Balaban J connectivity index is 1.42. The highest BCUT2D eigenvalue weighted by Gasteiger charge is 2.43. The lowest BCUT2D eigenvalue weighted by Crippen LogP contribution is -2.58. The SMILES string of the molecule is CCc1ccccc1OCc1cc(-c2cccc(CN)c2)cc(N2CCC3(CC2)CN(C)C3)c1. The Labute approximate surface area is 204 Å².